The number of ether oxygens (including phenoxy) is 3. The first-order chi connectivity index (χ1) is 31.5. The van der Waals surface area contributed by atoms with Gasteiger partial charge in [0.25, 0.3) is 0 Å². The molecule has 2 fully saturated rings. The van der Waals surface area contributed by atoms with Crippen LogP contribution < -0.4 is 0 Å². The lowest BCUT2D eigenvalue weighted by Crippen LogP contribution is -2.59. The zero-order chi connectivity index (χ0) is 53.9. The summed E-state index contributed by atoms with van der Waals surface area (Å²) >= 11 is 0. The minimum Gasteiger partial charge on any atom is -0.481 e. The Morgan fingerprint density at radius 2 is 0.913 bits per heavy atom. The second-order valence-corrected chi connectivity index (χ2v) is 22.9. The van der Waals surface area contributed by atoms with E-state index in [2.05, 4.69) is 6.92 Å². The van der Waals surface area contributed by atoms with Crippen LogP contribution in [0.2, 0.25) is 0 Å². The molecule has 0 spiro atoms. The van der Waals surface area contributed by atoms with Crippen LogP contribution in [0.15, 0.2) is 0 Å². The first-order valence-corrected chi connectivity index (χ1v) is 25.9. The lowest BCUT2D eigenvalue weighted by Gasteiger charge is -2.43. The summed E-state index contributed by atoms with van der Waals surface area (Å²) in [5.41, 5.74) is -5.43. The molecule has 2 aliphatic heterocycles. The molecule has 20 atom stereocenters. The first-order valence-electron chi connectivity index (χ1n) is 25.9. The Hall–Kier alpha value is -2.44. The van der Waals surface area contributed by atoms with Crippen LogP contribution in [-0.4, -0.2) is 162 Å². The van der Waals surface area contributed by atoms with Crippen molar-refractivity contribution in [3.05, 3.63) is 0 Å². The number of methoxy groups -OCH3 is 1. The number of hydrogen-bond acceptors (Lipinski definition) is 15. The van der Waals surface area contributed by atoms with Crippen molar-refractivity contribution >= 4 is 23.9 Å². The van der Waals surface area contributed by atoms with Gasteiger partial charge in [0.1, 0.15) is 35.6 Å². The predicted octanol–water partition coefficient (Wildman–Crippen LogP) is 5.93. The molecule has 0 aromatic carbocycles. The smallest absolute Gasteiger partial charge is 0.309 e. The molecule has 69 heavy (non-hydrogen) atoms. The molecule has 0 unspecified atom stereocenters. The van der Waals surface area contributed by atoms with Crippen molar-refractivity contribution in [2.24, 2.45) is 59.2 Å². The fourth-order valence-electron chi connectivity index (χ4n) is 11.1. The highest BCUT2D eigenvalue weighted by Crippen LogP contribution is 2.40. The number of cyclic esters (lactones) is 2. The van der Waals surface area contributed by atoms with E-state index in [1.807, 2.05) is 86.0 Å². The molecule has 16 nitrogen and oxygen atoms in total. The van der Waals surface area contributed by atoms with E-state index >= 15 is 0 Å². The van der Waals surface area contributed by atoms with E-state index in [-0.39, 0.29) is 72.7 Å². The van der Waals surface area contributed by atoms with Crippen LogP contribution in [0.4, 0.5) is 0 Å². The molecule has 16 heteroatoms. The van der Waals surface area contributed by atoms with Gasteiger partial charge in [-0.1, -0.05) is 83.1 Å². The Balaban J connectivity index is 0.000000690. The van der Waals surface area contributed by atoms with Gasteiger partial charge in [0.05, 0.1) is 43.0 Å². The summed E-state index contributed by atoms with van der Waals surface area (Å²) in [6.07, 6.45) is -2.71. The third-order valence-electron chi connectivity index (χ3n) is 17.4. The highest BCUT2D eigenvalue weighted by molar-refractivity contribution is 5.73. The Bertz CT molecular complexity index is 1610. The minimum atomic E-state index is -1.73. The van der Waals surface area contributed by atoms with Crippen molar-refractivity contribution in [1.82, 2.24) is 9.80 Å². The first kappa shape index (κ1) is 64.6. The van der Waals surface area contributed by atoms with Crippen molar-refractivity contribution < 1.29 is 69.1 Å². The highest BCUT2D eigenvalue weighted by atomic mass is 16.6. The molecular formula is C53H100N2O14. The van der Waals surface area contributed by atoms with E-state index in [0.29, 0.717) is 45.3 Å². The summed E-state index contributed by atoms with van der Waals surface area (Å²) < 4.78 is 16.4. The van der Waals surface area contributed by atoms with Gasteiger partial charge >= 0.3 is 23.9 Å². The van der Waals surface area contributed by atoms with Gasteiger partial charge in [0, 0.05) is 38.3 Å². The van der Waals surface area contributed by atoms with Crippen LogP contribution in [0, 0.1) is 59.2 Å². The largest absolute Gasteiger partial charge is 0.481 e. The van der Waals surface area contributed by atoms with Gasteiger partial charge in [-0.25, -0.2) is 0 Å². The fraction of sp³-hybridized carbons (Fsp3) is 0.925. The van der Waals surface area contributed by atoms with E-state index in [4.69, 9.17) is 14.2 Å². The van der Waals surface area contributed by atoms with Gasteiger partial charge in [-0.05, 0) is 115 Å². The number of carboxylic acid groups (broad SMARTS) is 1. The van der Waals surface area contributed by atoms with Gasteiger partial charge in [-0.15, -0.1) is 0 Å². The predicted molar refractivity (Wildman–Crippen MR) is 267 cm³/mol. The number of nitrogens with zero attached hydrogens (tertiary/aromatic N) is 2. The molecule has 2 saturated heterocycles. The maximum absolute atomic E-state index is 13.1. The molecule has 7 N–H and O–H groups in total. The highest BCUT2D eigenvalue weighted by Gasteiger charge is 2.49. The van der Waals surface area contributed by atoms with Gasteiger partial charge in [0.2, 0.25) is 0 Å². The molecule has 0 aliphatic carbocycles. The van der Waals surface area contributed by atoms with Crippen LogP contribution in [0.1, 0.15) is 163 Å². The number of carbonyl (C=O) groups excluding carboxylic acids is 3. The Morgan fingerprint density at radius 1 is 0.594 bits per heavy atom. The maximum Gasteiger partial charge on any atom is 0.309 e. The van der Waals surface area contributed by atoms with Crippen molar-refractivity contribution in [3.63, 3.8) is 0 Å². The summed E-state index contributed by atoms with van der Waals surface area (Å²) in [7, 11) is 1.34. The van der Waals surface area contributed by atoms with E-state index in [1.54, 1.807) is 27.7 Å². The average molecular weight is 989 g/mol. The average Bonchev–Trinajstić information content (AvgIpc) is 3.27. The molecule has 0 bridgehead atoms. The van der Waals surface area contributed by atoms with Crippen molar-refractivity contribution in [2.45, 2.75) is 222 Å². The number of carboxylic acids is 1. The van der Waals surface area contributed by atoms with Crippen molar-refractivity contribution in [1.29, 1.82) is 0 Å². The topological polar surface area (TPSA) is 244 Å². The quantitative estimate of drug-likeness (QED) is 0.110. The monoisotopic (exact) mass is 989 g/mol. The number of aliphatic hydroxyl groups excluding tert-OH is 2. The molecule has 0 aromatic heterocycles. The van der Waals surface area contributed by atoms with Gasteiger partial charge in [-0.2, -0.15) is 0 Å². The molecule has 406 valence electrons. The van der Waals surface area contributed by atoms with E-state index < -0.39 is 88.6 Å². The Labute approximate surface area is 416 Å². The molecule has 0 saturated carbocycles. The normalized spacial score (nSPS) is 43.6. The third kappa shape index (κ3) is 17.3. The SMILES string of the molecule is CC[C@H]1OC(=O)[C@H](C)[C@@H](C)[C@H](C)[C@@H](C)[C@](C)(O)C[C@@H](C)CN(CCC(=O)O)[C@H](C)[C@@H](O)[C@]1(C)O.CC[C@H]1OC(=O)[C@H](C)[C@@H](C)[C@H](C)[C@@H](C)[C@](C)(O)C[C@@H](C)CN(CCC(=O)OC)[C@H](C)[C@@H](O)[C@]1(C)O. The molecule has 2 aliphatic rings. The van der Waals surface area contributed by atoms with Gasteiger partial charge in [0.15, 0.2) is 0 Å². The Morgan fingerprint density at radius 3 is 1.20 bits per heavy atom. The van der Waals surface area contributed by atoms with Gasteiger partial charge in [-0.3, -0.25) is 29.0 Å². The number of rotatable bonds is 8. The molecule has 0 aromatic rings. The number of hydrogen-bond donors (Lipinski definition) is 7. The second kappa shape index (κ2) is 27.0. The summed E-state index contributed by atoms with van der Waals surface area (Å²) in [4.78, 5) is 53.1. The standard InChI is InChI=1S/C27H51NO7.C26H49NO7/c1-11-22-27(9,33)24(30)21(7)28(13-12-23(29)34-10)15-16(2)14-26(8,32)20(6)18(4)17(3)19(5)25(31)35-22;1-10-21-26(9,33)23(30)20(7)27(12-11-22(28)29)14-15(2)13-25(8,32)19(6)17(4)16(3)18(5)24(31)34-21/h16-22,24,30,32-33H,11-15H2,1-10H3;15-21,23,30,32-33H,10-14H2,1-9H3,(H,28,29)/t16-,17+,18+,19-,20-,21-,22-,24-,26-,27-;15-,16+,17+,18-,19-,20-,21-,23-,25-,26-/m11/s1. The summed E-state index contributed by atoms with van der Waals surface area (Å²) in [5.74, 6) is -3.32. The zero-order valence-electron chi connectivity index (χ0n) is 46.2. The molecule has 0 amide bonds. The van der Waals surface area contributed by atoms with Crippen LogP contribution >= 0.6 is 0 Å². The van der Waals surface area contributed by atoms with Gasteiger partial charge < -0.3 is 50.0 Å². The lowest BCUT2D eigenvalue weighted by atomic mass is 9.70. The summed E-state index contributed by atoms with van der Waals surface area (Å²) in [6, 6.07) is -1.15. The maximum atomic E-state index is 13.1. The van der Waals surface area contributed by atoms with Crippen LogP contribution in [-0.2, 0) is 33.4 Å². The summed E-state index contributed by atoms with van der Waals surface area (Å²) in [5, 5.41) is 77.3. The number of aliphatic carboxylic acids is 1. The lowest BCUT2D eigenvalue weighted by molar-refractivity contribution is -0.192. The van der Waals surface area contributed by atoms with E-state index in [1.165, 1.54) is 21.0 Å². The number of aliphatic hydroxyl groups is 6. The molecule has 2 rings (SSSR count). The van der Waals surface area contributed by atoms with Crippen LogP contribution in [0.3, 0.4) is 0 Å². The van der Waals surface area contributed by atoms with Crippen LogP contribution in [0.25, 0.3) is 0 Å². The zero-order valence-corrected chi connectivity index (χ0v) is 46.2. The molecule has 2 heterocycles. The van der Waals surface area contributed by atoms with Crippen molar-refractivity contribution in [2.75, 3.05) is 33.3 Å². The number of carbonyl (C=O) groups is 4. The van der Waals surface area contributed by atoms with Crippen molar-refractivity contribution in [3.8, 4) is 0 Å². The molecule has 0 radical (unpaired) electrons. The Kier molecular flexibility index (Phi) is 25.3. The second-order valence-electron chi connectivity index (χ2n) is 22.9. The molecular weight excluding hydrogens is 889 g/mol. The van der Waals surface area contributed by atoms with Crippen LogP contribution in [0.5, 0.6) is 0 Å². The fourth-order valence-corrected chi connectivity index (χ4v) is 11.1. The van der Waals surface area contributed by atoms with E-state index in [0.717, 1.165) is 0 Å². The minimum absolute atomic E-state index is 0.00393. The van der Waals surface area contributed by atoms with E-state index in [9.17, 15) is 54.9 Å². The summed E-state index contributed by atoms with van der Waals surface area (Å²) in [6.45, 7) is 35.0. The third-order valence-corrected chi connectivity index (χ3v) is 17.4. The number of esters is 3.